The third-order valence-corrected chi connectivity index (χ3v) is 8.72. The molecule has 2 aromatic carbocycles. The third kappa shape index (κ3) is 6.49. The predicted octanol–water partition coefficient (Wildman–Crippen LogP) is 4.65. The number of fused-ring (bicyclic) bond motifs is 1. The molecular weight excluding hydrogens is 527 g/mol. The van der Waals surface area contributed by atoms with Crippen LogP contribution in [0.5, 0.6) is 0 Å². The lowest BCUT2D eigenvalue weighted by Gasteiger charge is -2.18. The molecule has 0 unspecified atom stereocenters. The molecule has 37 heavy (non-hydrogen) atoms. The minimum absolute atomic E-state index is 0.0392. The second-order valence-electron chi connectivity index (χ2n) is 9.98. The Kier molecular flexibility index (Phi) is 7.41. The molecule has 12 heteroatoms. The highest BCUT2D eigenvalue weighted by Crippen LogP contribution is 2.41. The molecule has 0 spiro atoms. The van der Waals surface area contributed by atoms with Gasteiger partial charge < -0.3 is 10.4 Å². The lowest BCUT2D eigenvalue weighted by Crippen LogP contribution is -2.43. The molecule has 1 atom stereocenters. The molecule has 1 amide bonds. The molecule has 7 nitrogen and oxygen atoms in total. The van der Waals surface area contributed by atoms with E-state index in [9.17, 15) is 31.5 Å². The van der Waals surface area contributed by atoms with E-state index in [0.29, 0.717) is 33.9 Å². The lowest BCUT2D eigenvalue weighted by atomic mass is 10.0. The van der Waals surface area contributed by atoms with Crippen LogP contribution in [-0.4, -0.2) is 48.8 Å². The maximum absolute atomic E-state index is 13.1. The summed E-state index contributed by atoms with van der Waals surface area (Å²) in [7, 11) is -4.49. The Bertz CT molecular complexity index is 1430. The van der Waals surface area contributed by atoms with Crippen molar-refractivity contribution in [3.05, 3.63) is 47.1 Å². The number of nitrogens with one attached hydrogen (secondary N) is 2. The second-order valence-corrected chi connectivity index (χ2v) is 12.7. The molecule has 0 bridgehead atoms. The first kappa shape index (κ1) is 27.5. The Morgan fingerprint density at radius 1 is 1.16 bits per heavy atom. The van der Waals surface area contributed by atoms with E-state index in [1.54, 1.807) is 48.9 Å². The SMILES string of the molecule is C[C@H](NS(=O)(=O)c1ccc(-c2sc(C(=O)NCC(C)(C)O)nc2CC2CC2)c2ccccc12)C(F)(F)F. The molecule has 0 saturated heterocycles. The van der Waals surface area contributed by atoms with E-state index < -0.39 is 33.7 Å². The molecule has 0 aliphatic heterocycles. The Morgan fingerprint density at radius 3 is 2.41 bits per heavy atom. The van der Waals surface area contributed by atoms with E-state index in [2.05, 4.69) is 10.3 Å². The van der Waals surface area contributed by atoms with Gasteiger partial charge in [0, 0.05) is 17.5 Å². The van der Waals surface area contributed by atoms with E-state index in [1.165, 1.54) is 6.07 Å². The molecule has 3 aromatic rings. The minimum atomic E-state index is -4.73. The first-order chi connectivity index (χ1) is 17.2. The molecule has 1 aliphatic carbocycles. The van der Waals surface area contributed by atoms with Gasteiger partial charge in [-0.25, -0.2) is 13.4 Å². The smallest absolute Gasteiger partial charge is 0.389 e. The number of nitrogens with zero attached hydrogens (tertiary/aromatic N) is 1. The molecule has 1 aromatic heterocycles. The van der Waals surface area contributed by atoms with Crippen LogP contribution in [0.2, 0.25) is 0 Å². The summed E-state index contributed by atoms with van der Waals surface area (Å²) in [5.74, 6) is 0.0244. The number of benzene rings is 2. The van der Waals surface area contributed by atoms with Gasteiger partial charge >= 0.3 is 6.18 Å². The Balaban J connectivity index is 1.78. The largest absolute Gasteiger partial charge is 0.404 e. The Labute approximate surface area is 217 Å². The zero-order chi connectivity index (χ0) is 27.2. The van der Waals surface area contributed by atoms with Gasteiger partial charge in [0.25, 0.3) is 5.91 Å². The number of aromatic nitrogens is 1. The molecule has 3 N–H and O–H groups in total. The zero-order valence-corrected chi connectivity index (χ0v) is 22.1. The summed E-state index contributed by atoms with van der Waals surface area (Å²) < 4.78 is 66.7. The summed E-state index contributed by atoms with van der Waals surface area (Å²) in [6.07, 6.45) is -1.97. The van der Waals surface area contributed by atoms with E-state index in [-0.39, 0.29) is 21.8 Å². The van der Waals surface area contributed by atoms with Crippen molar-refractivity contribution in [1.29, 1.82) is 0 Å². The van der Waals surface area contributed by atoms with Crippen LogP contribution in [0.4, 0.5) is 13.2 Å². The van der Waals surface area contributed by atoms with E-state index in [1.807, 2.05) is 0 Å². The normalized spacial score (nSPS) is 15.6. The number of hydrogen-bond donors (Lipinski definition) is 3. The number of carbonyl (C=O) groups excluding carboxylic acids is 1. The van der Waals surface area contributed by atoms with Gasteiger partial charge in [0.1, 0.15) is 6.04 Å². The Hall–Kier alpha value is -2.54. The molecule has 1 heterocycles. The van der Waals surface area contributed by atoms with Crippen LogP contribution in [0.3, 0.4) is 0 Å². The standard InChI is InChI=1S/C25H28F3N3O4S2/c1-14(25(26,27)28)31-37(34,35)20-11-10-18(16-6-4-5-7-17(16)20)21-19(12-15-8-9-15)30-23(36-21)22(32)29-13-24(2,3)33/h4-7,10-11,14-15,31,33H,8-9,12-13H2,1-3H3,(H,29,32)/t14-/m0/s1. The molecule has 1 saturated carbocycles. The van der Waals surface area contributed by atoms with Gasteiger partial charge in [-0.15, -0.1) is 11.3 Å². The third-order valence-electron chi connectivity index (χ3n) is 5.99. The fourth-order valence-electron chi connectivity index (χ4n) is 3.83. The summed E-state index contributed by atoms with van der Waals surface area (Å²) in [5, 5.41) is 13.6. The predicted molar refractivity (Wildman–Crippen MR) is 136 cm³/mol. The molecule has 1 aliphatic rings. The number of amides is 1. The van der Waals surface area contributed by atoms with Gasteiger partial charge in [0.05, 0.1) is 21.1 Å². The highest BCUT2D eigenvalue weighted by atomic mass is 32.2. The first-order valence-electron chi connectivity index (χ1n) is 11.8. The van der Waals surface area contributed by atoms with Crippen molar-refractivity contribution in [2.45, 2.75) is 62.7 Å². The highest BCUT2D eigenvalue weighted by Gasteiger charge is 2.39. The summed E-state index contributed by atoms with van der Waals surface area (Å²) in [4.78, 5) is 17.8. The van der Waals surface area contributed by atoms with Crippen molar-refractivity contribution in [1.82, 2.24) is 15.0 Å². The van der Waals surface area contributed by atoms with Crippen molar-refractivity contribution < 1.29 is 31.5 Å². The highest BCUT2D eigenvalue weighted by molar-refractivity contribution is 7.89. The number of sulfonamides is 1. The van der Waals surface area contributed by atoms with Crippen LogP contribution in [-0.2, 0) is 16.4 Å². The Morgan fingerprint density at radius 2 is 1.81 bits per heavy atom. The van der Waals surface area contributed by atoms with Gasteiger partial charge in [-0.1, -0.05) is 30.3 Å². The number of carbonyl (C=O) groups is 1. The average molecular weight is 556 g/mol. The van der Waals surface area contributed by atoms with Gasteiger partial charge in [0.15, 0.2) is 5.01 Å². The van der Waals surface area contributed by atoms with Crippen molar-refractivity contribution in [2.75, 3.05) is 6.54 Å². The number of rotatable bonds is 9. The maximum Gasteiger partial charge on any atom is 0.404 e. The number of aliphatic hydroxyl groups is 1. The second kappa shape index (κ2) is 9.97. The molecule has 4 rings (SSSR count). The summed E-state index contributed by atoms with van der Waals surface area (Å²) >= 11 is 1.16. The molecular formula is C25H28F3N3O4S2. The fraction of sp³-hybridized carbons (Fsp3) is 0.440. The number of halogens is 3. The number of alkyl halides is 3. The van der Waals surface area contributed by atoms with Gasteiger partial charge in [-0.3, -0.25) is 4.79 Å². The number of thiazole rings is 1. The maximum atomic E-state index is 13.1. The van der Waals surface area contributed by atoms with Crippen LogP contribution in [0.15, 0.2) is 41.3 Å². The summed E-state index contributed by atoms with van der Waals surface area (Å²) in [6, 6.07) is 7.16. The summed E-state index contributed by atoms with van der Waals surface area (Å²) in [5.41, 5.74) is 0.264. The van der Waals surface area contributed by atoms with Crippen molar-refractivity contribution in [3.8, 4) is 10.4 Å². The minimum Gasteiger partial charge on any atom is -0.389 e. The van der Waals surface area contributed by atoms with Gasteiger partial charge in [0.2, 0.25) is 10.0 Å². The van der Waals surface area contributed by atoms with E-state index in [0.717, 1.165) is 31.1 Å². The van der Waals surface area contributed by atoms with Crippen LogP contribution in [0, 0.1) is 5.92 Å². The average Bonchev–Trinajstić information content (AvgIpc) is 3.52. The summed E-state index contributed by atoms with van der Waals surface area (Å²) in [6.45, 7) is 3.94. The lowest BCUT2D eigenvalue weighted by molar-refractivity contribution is -0.147. The fourth-order valence-corrected chi connectivity index (χ4v) is 6.32. The van der Waals surface area contributed by atoms with Crippen LogP contribution >= 0.6 is 11.3 Å². The van der Waals surface area contributed by atoms with Crippen molar-refractivity contribution in [3.63, 3.8) is 0 Å². The van der Waals surface area contributed by atoms with Crippen LogP contribution < -0.4 is 10.0 Å². The quantitative estimate of drug-likeness (QED) is 0.356. The zero-order valence-electron chi connectivity index (χ0n) is 20.5. The van der Waals surface area contributed by atoms with Crippen molar-refractivity contribution >= 4 is 38.0 Å². The molecule has 1 fully saturated rings. The van der Waals surface area contributed by atoms with E-state index in [4.69, 9.17) is 0 Å². The van der Waals surface area contributed by atoms with Gasteiger partial charge in [-0.2, -0.15) is 17.9 Å². The van der Waals surface area contributed by atoms with E-state index >= 15 is 0 Å². The molecule has 200 valence electrons. The van der Waals surface area contributed by atoms with Crippen molar-refractivity contribution in [2.24, 2.45) is 5.92 Å². The van der Waals surface area contributed by atoms with Gasteiger partial charge in [-0.05, 0) is 57.4 Å². The molecule has 0 radical (unpaired) electrons. The topological polar surface area (TPSA) is 108 Å². The van der Waals surface area contributed by atoms with Crippen LogP contribution in [0.25, 0.3) is 21.2 Å². The first-order valence-corrected chi connectivity index (χ1v) is 14.1. The number of hydrogen-bond acceptors (Lipinski definition) is 6. The van der Waals surface area contributed by atoms with Crippen LogP contribution in [0.1, 0.15) is 49.1 Å². The monoisotopic (exact) mass is 555 g/mol.